The lowest BCUT2D eigenvalue weighted by molar-refractivity contribution is -0.122. The zero-order chi connectivity index (χ0) is 16.5. The Kier molecular flexibility index (Phi) is 6.73. The Hall–Kier alpha value is -2.23. The number of nitrogens with zero attached hydrogens (tertiary/aromatic N) is 1. The van der Waals surface area contributed by atoms with Gasteiger partial charge in [0.05, 0.1) is 5.92 Å². The van der Waals surface area contributed by atoms with Crippen LogP contribution in [0.25, 0.3) is 0 Å². The minimum atomic E-state index is -0.332. The molecule has 0 aliphatic rings. The summed E-state index contributed by atoms with van der Waals surface area (Å²) < 4.78 is 13.2. The van der Waals surface area contributed by atoms with Crippen LogP contribution >= 0.6 is 0 Å². The fourth-order valence-electron chi connectivity index (χ4n) is 2.52. The Bertz CT molecular complexity index is 599. The highest BCUT2D eigenvalue weighted by atomic mass is 19.1. The van der Waals surface area contributed by atoms with Gasteiger partial charge in [-0.2, -0.15) is 0 Å². The maximum Gasteiger partial charge on any atom is 0.227 e. The Morgan fingerprint density at radius 2 is 2.00 bits per heavy atom. The first kappa shape index (κ1) is 17.1. The van der Waals surface area contributed by atoms with Crippen LogP contribution in [-0.4, -0.2) is 17.4 Å². The van der Waals surface area contributed by atoms with Crippen molar-refractivity contribution in [1.29, 1.82) is 0 Å². The molecule has 0 fully saturated rings. The van der Waals surface area contributed by atoms with Crippen LogP contribution in [0, 0.1) is 5.82 Å². The molecule has 1 heterocycles. The van der Waals surface area contributed by atoms with Gasteiger partial charge in [0.2, 0.25) is 5.91 Å². The Morgan fingerprint density at radius 1 is 1.22 bits per heavy atom. The first-order chi connectivity index (χ1) is 11.2. The number of amides is 1. The van der Waals surface area contributed by atoms with Crippen molar-refractivity contribution in [3.8, 4) is 0 Å². The van der Waals surface area contributed by atoms with Gasteiger partial charge in [-0.1, -0.05) is 38.0 Å². The molecule has 4 heteroatoms. The smallest absolute Gasteiger partial charge is 0.227 e. The fraction of sp³-hybridized carbons (Fsp3) is 0.368. The monoisotopic (exact) mass is 314 g/mol. The summed E-state index contributed by atoms with van der Waals surface area (Å²) in [6.07, 6.45) is 7.23. The molecule has 1 aromatic heterocycles. The van der Waals surface area contributed by atoms with E-state index in [0.717, 1.165) is 30.4 Å². The summed E-state index contributed by atoms with van der Waals surface area (Å²) in [5.74, 6) is -0.643. The van der Waals surface area contributed by atoms with Gasteiger partial charge in [-0.3, -0.25) is 9.78 Å². The molecule has 2 rings (SSSR count). The van der Waals surface area contributed by atoms with E-state index in [4.69, 9.17) is 0 Å². The lowest BCUT2D eigenvalue weighted by atomic mass is 9.91. The first-order valence-electron chi connectivity index (χ1n) is 8.12. The molecule has 1 aromatic carbocycles. The molecule has 1 N–H and O–H groups in total. The minimum absolute atomic E-state index is 0.0171. The van der Waals surface area contributed by atoms with E-state index in [2.05, 4.69) is 17.2 Å². The van der Waals surface area contributed by atoms with Crippen LogP contribution < -0.4 is 5.32 Å². The van der Waals surface area contributed by atoms with Crippen LogP contribution in [0.1, 0.15) is 43.2 Å². The van der Waals surface area contributed by atoms with Crippen molar-refractivity contribution in [2.45, 2.75) is 38.5 Å². The molecule has 1 unspecified atom stereocenters. The second-order valence-corrected chi connectivity index (χ2v) is 5.67. The second-order valence-electron chi connectivity index (χ2n) is 5.67. The molecule has 3 nitrogen and oxygen atoms in total. The number of benzene rings is 1. The van der Waals surface area contributed by atoms with Crippen molar-refractivity contribution < 1.29 is 9.18 Å². The lowest BCUT2D eigenvalue weighted by Crippen LogP contribution is -2.31. The van der Waals surface area contributed by atoms with Gasteiger partial charge in [0.15, 0.2) is 0 Å². The molecule has 0 aliphatic carbocycles. The maximum atomic E-state index is 13.2. The van der Waals surface area contributed by atoms with Gasteiger partial charge in [-0.25, -0.2) is 4.39 Å². The molecular formula is C19H23FN2O. The normalized spacial score (nSPS) is 11.9. The molecule has 0 saturated carbocycles. The third kappa shape index (κ3) is 5.47. The third-order valence-corrected chi connectivity index (χ3v) is 3.83. The highest BCUT2D eigenvalue weighted by molar-refractivity contribution is 5.83. The van der Waals surface area contributed by atoms with Gasteiger partial charge in [-0.05, 0) is 42.2 Å². The Labute approximate surface area is 137 Å². The summed E-state index contributed by atoms with van der Waals surface area (Å²) in [4.78, 5) is 16.7. The summed E-state index contributed by atoms with van der Waals surface area (Å²) >= 11 is 0. The topological polar surface area (TPSA) is 42.0 Å². The minimum Gasteiger partial charge on any atom is -0.356 e. The molecule has 0 spiro atoms. The quantitative estimate of drug-likeness (QED) is 0.752. The number of halogens is 1. The van der Waals surface area contributed by atoms with Gasteiger partial charge >= 0.3 is 0 Å². The zero-order valence-electron chi connectivity index (χ0n) is 13.5. The van der Waals surface area contributed by atoms with Crippen LogP contribution in [0.2, 0.25) is 0 Å². The van der Waals surface area contributed by atoms with Crippen molar-refractivity contribution in [1.82, 2.24) is 10.3 Å². The predicted molar refractivity (Wildman–Crippen MR) is 89.6 cm³/mol. The number of rotatable bonds is 8. The standard InChI is InChI=1S/C19H23FN2O/c1-2-3-4-12-22-19(23)18(13-15-6-5-11-21-14-15)16-7-9-17(20)10-8-16/h5-11,14,18H,2-4,12-13H2,1H3,(H,22,23). The van der Waals surface area contributed by atoms with Crippen molar-refractivity contribution in [2.24, 2.45) is 0 Å². The molecular weight excluding hydrogens is 291 g/mol. The van der Waals surface area contributed by atoms with E-state index in [1.807, 2.05) is 12.1 Å². The molecule has 122 valence electrons. The average molecular weight is 314 g/mol. The molecule has 23 heavy (non-hydrogen) atoms. The van der Waals surface area contributed by atoms with Crippen LogP contribution in [0.4, 0.5) is 4.39 Å². The molecule has 1 amide bonds. The number of carbonyl (C=O) groups is 1. The van der Waals surface area contributed by atoms with Gasteiger partial charge in [0.1, 0.15) is 5.82 Å². The van der Waals surface area contributed by atoms with Crippen LogP contribution in [0.5, 0.6) is 0 Å². The summed E-state index contributed by atoms with van der Waals surface area (Å²) in [5.41, 5.74) is 1.81. The maximum absolute atomic E-state index is 13.2. The fourth-order valence-corrected chi connectivity index (χ4v) is 2.52. The SMILES string of the molecule is CCCCCNC(=O)C(Cc1cccnc1)c1ccc(F)cc1. The highest BCUT2D eigenvalue weighted by Gasteiger charge is 2.21. The van der Waals surface area contributed by atoms with E-state index >= 15 is 0 Å². The van der Waals surface area contributed by atoms with E-state index in [9.17, 15) is 9.18 Å². The summed E-state index contributed by atoms with van der Waals surface area (Å²) in [7, 11) is 0. The van der Waals surface area contributed by atoms with E-state index in [-0.39, 0.29) is 17.6 Å². The summed E-state index contributed by atoms with van der Waals surface area (Å²) in [6.45, 7) is 2.81. The van der Waals surface area contributed by atoms with Crippen molar-refractivity contribution in [3.05, 3.63) is 65.7 Å². The summed E-state index contributed by atoms with van der Waals surface area (Å²) in [6, 6.07) is 9.97. The number of pyridine rings is 1. The first-order valence-corrected chi connectivity index (χ1v) is 8.12. The largest absolute Gasteiger partial charge is 0.356 e. The van der Waals surface area contributed by atoms with E-state index in [1.54, 1.807) is 24.5 Å². The summed E-state index contributed by atoms with van der Waals surface area (Å²) in [5, 5.41) is 3.00. The second kappa shape index (κ2) is 9.03. The highest BCUT2D eigenvalue weighted by Crippen LogP contribution is 2.21. The zero-order valence-corrected chi connectivity index (χ0v) is 13.5. The molecule has 1 atom stereocenters. The van der Waals surface area contributed by atoms with Gasteiger partial charge < -0.3 is 5.32 Å². The number of carbonyl (C=O) groups excluding carboxylic acids is 1. The van der Waals surface area contributed by atoms with Crippen molar-refractivity contribution in [2.75, 3.05) is 6.54 Å². The van der Waals surface area contributed by atoms with Crippen LogP contribution in [0.15, 0.2) is 48.8 Å². The molecule has 2 aromatic rings. The van der Waals surface area contributed by atoms with Crippen molar-refractivity contribution >= 4 is 5.91 Å². The molecule has 0 radical (unpaired) electrons. The van der Waals surface area contributed by atoms with Crippen LogP contribution in [0.3, 0.4) is 0 Å². The number of hydrogen-bond donors (Lipinski definition) is 1. The van der Waals surface area contributed by atoms with Gasteiger partial charge in [0, 0.05) is 18.9 Å². The molecule has 0 aliphatic heterocycles. The van der Waals surface area contributed by atoms with Gasteiger partial charge in [-0.15, -0.1) is 0 Å². The number of aromatic nitrogens is 1. The van der Waals surface area contributed by atoms with E-state index in [1.165, 1.54) is 12.1 Å². The Morgan fingerprint density at radius 3 is 2.65 bits per heavy atom. The van der Waals surface area contributed by atoms with Crippen molar-refractivity contribution in [3.63, 3.8) is 0 Å². The average Bonchev–Trinajstić information content (AvgIpc) is 2.58. The number of unbranched alkanes of at least 4 members (excludes halogenated alkanes) is 2. The Balaban J connectivity index is 2.10. The number of hydrogen-bond acceptors (Lipinski definition) is 2. The van der Waals surface area contributed by atoms with Crippen LogP contribution in [-0.2, 0) is 11.2 Å². The molecule has 0 bridgehead atoms. The number of nitrogens with one attached hydrogen (secondary N) is 1. The van der Waals surface area contributed by atoms with E-state index in [0.29, 0.717) is 13.0 Å². The van der Waals surface area contributed by atoms with E-state index < -0.39 is 0 Å². The van der Waals surface area contributed by atoms with Gasteiger partial charge in [0.25, 0.3) is 0 Å². The predicted octanol–water partition coefficient (Wildman–Crippen LogP) is 3.85. The lowest BCUT2D eigenvalue weighted by Gasteiger charge is -2.17. The molecule has 0 saturated heterocycles. The third-order valence-electron chi connectivity index (χ3n) is 3.83.